The zero-order valence-electron chi connectivity index (χ0n) is 8.76. The number of para-hydroxylation sites is 1. The molecule has 0 saturated carbocycles. The third kappa shape index (κ3) is 2.25. The average Bonchev–Trinajstić information content (AvgIpc) is 2.75. The van der Waals surface area contributed by atoms with Crippen LogP contribution in [0.25, 0.3) is 5.69 Å². The van der Waals surface area contributed by atoms with Crippen LogP contribution in [0.15, 0.2) is 42.7 Å². The monoisotopic (exact) mass is 202 g/mol. The number of rotatable bonds is 4. The highest BCUT2D eigenvalue weighted by Gasteiger charge is 2.03. The second kappa shape index (κ2) is 4.75. The summed E-state index contributed by atoms with van der Waals surface area (Å²) in [4.78, 5) is 4.31. The molecule has 0 fully saturated rings. The summed E-state index contributed by atoms with van der Waals surface area (Å²) in [5, 5.41) is 0. The molecule has 0 aliphatic carbocycles. The Morgan fingerprint density at radius 1 is 1.27 bits per heavy atom. The normalized spacial score (nSPS) is 10.5. The van der Waals surface area contributed by atoms with Crippen LogP contribution in [0.3, 0.4) is 0 Å². The molecule has 1 heterocycles. The Bertz CT molecular complexity index is 409. The summed E-state index contributed by atoms with van der Waals surface area (Å²) in [6, 6.07) is 10.2. The van der Waals surface area contributed by atoms with Gasteiger partial charge in [-0.2, -0.15) is 0 Å². The molecular weight excluding hydrogens is 188 g/mol. The van der Waals surface area contributed by atoms with Crippen LogP contribution in [0.2, 0.25) is 0 Å². The van der Waals surface area contributed by atoms with Crippen molar-refractivity contribution in [3.63, 3.8) is 0 Å². The van der Waals surface area contributed by atoms with E-state index < -0.39 is 0 Å². The predicted molar refractivity (Wildman–Crippen MR) is 59.1 cm³/mol. The van der Waals surface area contributed by atoms with E-state index >= 15 is 0 Å². The van der Waals surface area contributed by atoms with Gasteiger partial charge in [0.25, 0.3) is 0 Å². The molecule has 0 amide bonds. The summed E-state index contributed by atoms with van der Waals surface area (Å²) >= 11 is 0. The second-order valence-corrected chi connectivity index (χ2v) is 3.29. The maximum Gasteiger partial charge on any atom is 0.115 e. The Morgan fingerprint density at radius 3 is 2.80 bits per heavy atom. The van der Waals surface area contributed by atoms with Crippen LogP contribution in [-0.4, -0.2) is 23.3 Å². The number of hydrogen-bond acceptors (Lipinski definition) is 2. The SMILES string of the molecule is COCCc1nccn1-c1ccccc1. The van der Waals surface area contributed by atoms with Gasteiger partial charge in [-0.05, 0) is 12.1 Å². The van der Waals surface area contributed by atoms with Crippen LogP contribution >= 0.6 is 0 Å². The lowest BCUT2D eigenvalue weighted by atomic mass is 10.3. The summed E-state index contributed by atoms with van der Waals surface area (Å²) in [7, 11) is 1.70. The molecule has 0 aliphatic rings. The fourth-order valence-electron chi connectivity index (χ4n) is 1.54. The van der Waals surface area contributed by atoms with Gasteiger partial charge in [0.1, 0.15) is 5.82 Å². The maximum absolute atomic E-state index is 5.05. The molecule has 3 heteroatoms. The third-order valence-corrected chi connectivity index (χ3v) is 2.28. The predicted octanol–water partition coefficient (Wildman–Crippen LogP) is 2.06. The topological polar surface area (TPSA) is 27.1 Å². The number of imidazole rings is 1. The van der Waals surface area contributed by atoms with Crippen molar-refractivity contribution in [3.05, 3.63) is 48.5 Å². The summed E-state index contributed by atoms with van der Waals surface area (Å²) in [6.45, 7) is 0.698. The number of aromatic nitrogens is 2. The van der Waals surface area contributed by atoms with E-state index in [0.29, 0.717) is 6.61 Å². The fraction of sp³-hybridized carbons (Fsp3) is 0.250. The van der Waals surface area contributed by atoms with Gasteiger partial charge in [0.2, 0.25) is 0 Å². The smallest absolute Gasteiger partial charge is 0.115 e. The Labute approximate surface area is 89.3 Å². The van der Waals surface area contributed by atoms with E-state index in [2.05, 4.69) is 21.7 Å². The summed E-state index contributed by atoms with van der Waals surface area (Å²) in [5.74, 6) is 1.03. The fourth-order valence-corrected chi connectivity index (χ4v) is 1.54. The van der Waals surface area contributed by atoms with Crippen LogP contribution in [0, 0.1) is 0 Å². The average molecular weight is 202 g/mol. The van der Waals surface area contributed by atoms with Crippen LogP contribution in [0.5, 0.6) is 0 Å². The van der Waals surface area contributed by atoms with Gasteiger partial charge in [-0.3, -0.25) is 0 Å². The van der Waals surface area contributed by atoms with E-state index in [-0.39, 0.29) is 0 Å². The standard InChI is InChI=1S/C12H14N2O/c1-15-10-7-12-13-8-9-14(12)11-5-3-2-4-6-11/h2-6,8-9H,7,10H2,1H3. The van der Waals surface area contributed by atoms with Crippen molar-refractivity contribution < 1.29 is 4.74 Å². The molecular formula is C12H14N2O. The van der Waals surface area contributed by atoms with Gasteiger partial charge >= 0.3 is 0 Å². The van der Waals surface area contributed by atoms with Crippen LogP contribution in [0.1, 0.15) is 5.82 Å². The lowest BCUT2D eigenvalue weighted by Crippen LogP contribution is -2.04. The Kier molecular flexibility index (Phi) is 3.15. The van der Waals surface area contributed by atoms with Gasteiger partial charge < -0.3 is 9.30 Å². The van der Waals surface area contributed by atoms with Gasteiger partial charge in [0.15, 0.2) is 0 Å². The lowest BCUT2D eigenvalue weighted by Gasteiger charge is -2.06. The number of nitrogens with zero attached hydrogens (tertiary/aromatic N) is 2. The maximum atomic E-state index is 5.05. The van der Waals surface area contributed by atoms with Crippen molar-refractivity contribution in [1.29, 1.82) is 0 Å². The van der Waals surface area contributed by atoms with Crippen molar-refractivity contribution in [2.75, 3.05) is 13.7 Å². The number of methoxy groups -OCH3 is 1. The molecule has 3 nitrogen and oxygen atoms in total. The van der Waals surface area contributed by atoms with Gasteiger partial charge in [-0.25, -0.2) is 4.98 Å². The number of benzene rings is 1. The highest BCUT2D eigenvalue weighted by molar-refractivity contribution is 5.32. The summed E-state index contributed by atoms with van der Waals surface area (Å²) < 4.78 is 7.14. The first-order chi connectivity index (χ1) is 7.42. The minimum atomic E-state index is 0.698. The highest BCUT2D eigenvalue weighted by Crippen LogP contribution is 2.10. The van der Waals surface area contributed by atoms with Crippen LogP contribution in [-0.2, 0) is 11.2 Å². The molecule has 0 N–H and O–H groups in total. The first kappa shape index (κ1) is 9.93. The molecule has 0 saturated heterocycles. The molecule has 78 valence electrons. The molecule has 2 aromatic rings. The molecule has 0 radical (unpaired) electrons. The second-order valence-electron chi connectivity index (χ2n) is 3.29. The minimum absolute atomic E-state index is 0.698. The molecule has 1 aromatic heterocycles. The van der Waals surface area contributed by atoms with Crippen molar-refractivity contribution in [3.8, 4) is 5.69 Å². The molecule has 0 aliphatic heterocycles. The highest BCUT2D eigenvalue weighted by atomic mass is 16.5. The lowest BCUT2D eigenvalue weighted by molar-refractivity contribution is 0.200. The van der Waals surface area contributed by atoms with E-state index in [1.807, 2.05) is 30.6 Å². The van der Waals surface area contributed by atoms with Gasteiger partial charge in [-0.15, -0.1) is 0 Å². The third-order valence-electron chi connectivity index (χ3n) is 2.28. The molecule has 1 aromatic carbocycles. The minimum Gasteiger partial charge on any atom is -0.384 e. The van der Waals surface area contributed by atoms with Gasteiger partial charge in [0.05, 0.1) is 6.61 Å². The van der Waals surface area contributed by atoms with Crippen LogP contribution < -0.4 is 0 Å². The van der Waals surface area contributed by atoms with Crippen molar-refractivity contribution in [2.45, 2.75) is 6.42 Å². The van der Waals surface area contributed by atoms with E-state index in [1.54, 1.807) is 7.11 Å². The van der Waals surface area contributed by atoms with Crippen molar-refractivity contribution in [1.82, 2.24) is 9.55 Å². The Balaban J connectivity index is 2.25. The Hall–Kier alpha value is -1.61. The Morgan fingerprint density at radius 2 is 2.07 bits per heavy atom. The van der Waals surface area contributed by atoms with Crippen molar-refractivity contribution in [2.24, 2.45) is 0 Å². The zero-order valence-corrected chi connectivity index (χ0v) is 8.76. The first-order valence-electron chi connectivity index (χ1n) is 4.98. The number of ether oxygens (including phenoxy) is 1. The van der Waals surface area contributed by atoms with E-state index in [9.17, 15) is 0 Å². The zero-order chi connectivity index (χ0) is 10.5. The molecule has 2 rings (SSSR count). The molecule has 0 atom stereocenters. The first-order valence-corrected chi connectivity index (χ1v) is 4.98. The van der Waals surface area contributed by atoms with Gasteiger partial charge in [0, 0.05) is 31.6 Å². The van der Waals surface area contributed by atoms with Crippen LogP contribution in [0.4, 0.5) is 0 Å². The summed E-state index contributed by atoms with van der Waals surface area (Å²) in [5.41, 5.74) is 1.14. The molecule has 0 spiro atoms. The van der Waals surface area contributed by atoms with E-state index in [0.717, 1.165) is 17.9 Å². The number of hydrogen-bond donors (Lipinski definition) is 0. The molecule has 15 heavy (non-hydrogen) atoms. The van der Waals surface area contributed by atoms with E-state index in [4.69, 9.17) is 4.74 Å². The van der Waals surface area contributed by atoms with E-state index in [1.165, 1.54) is 0 Å². The van der Waals surface area contributed by atoms with Gasteiger partial charge in [-0.1, -0.05) is 18.2 Å². The summed E-state index contributed by atoms with van der Waals surface area (Å²) in [6.07, 6.45) is 4.62. The molecule has 0 bridgehead atoms. The van der Waals surface area contributed by atoms with Crippen molar-refractivity contribution >= 4 is 0 Å². The largest absolute Gasteiger partial charge is 0.384 e. The molecule has 0 unspecified atom stereocenters. The quantitative estimate of drug-likeness (QED) is 0.758.